The van der Waals surface area contributed by atoms with E-state index in [-0.39, 0.29) is 22.3 Å². The van der Waals surface area contributed by atoms with E-state index in [1.165, 1.54) is 6.07 Å². The van der Waals surface area contributed by atoms with Crippen molar-refractivity contribution in [3.63, 3.8) is 0 Å². The van der Waals surface area contributed by atoms with Gasteiger partial charge in [-0.15, -0.1) is 0 Å². The molecule has 1 saturated heterocycles. The molecule has 3 N–H and O–H groups in total. The van der Waals surface area contributed by atoms with Crippen LogP contribution in [-0.2, 0) is 0 Å². The van der Waals surface area contributed by atoms with Crippen molar-refractivity contribution in [3.8, 4) is 11.6 Å². The van der Waals surface area contributed by atoms with Gasteiger partial charge < -0.3 is 30.2 Å². The second kappa shape index (κ2) is 11.2. The molecule has 0 saturated carbocycles. The number of carbonyl (C=O) groups excluding carboxylic acids is 1. The molecule has 0 radical (unpaired) electrons. The zero-order valence-electron chi connectivity index (χ0n) is 22.7. The van der Waals surface area contributed by atoms with E-state index in [0.29, 0.717) is 11.4 Å². The van der Waals surface area contributed by atoms with Crippen LogP contribution in [0, 0.1) is 18.6 Å². The lowest BCUT2D eigenvalue weighted by Gasteiger charge is -2.38. The molecule has 4 aromatic rings. The fraction of sp³-hybridized carbons (Fsp3) is 0.321. The number of nitrogens with zero attached hydrogens (tertiary/aromatic N) is 4. The van der Waals surface area contributed by atoms with Crippen LogP contribution in [0.5, 0.6) is 11.6 Å². The van der Waals surface area contributed by atoms with Crippen molar-refractivity contribution in [2.45, 2.75) is 19.8 Å². The van der Waals surface area contributed by atoms with Gasteiger partial charge in [-0.1, -0.05) is 0 Å². The number of H-pyrrole nitrogens is 1. The molecule has 1 fully saturated rings. The van der Waals surface area contributed by atoms with Crippen molar-refractivity contribution in [2.75, 3.05) is 50.0 Å². The van der Waals surface area contributed by atoms with Gasteiger partial charge in [-0.3, -0.25) is 4.79 Å². The lowest BCUT2D eigenvalue weighted by atomic mass is 10.1. The van der Waals surface area contributed by atoms with E-state index >= 15 is 4.39 Å². The number of nitrogens with one attached hydrogen (secondary N) is 3. The number of fused-ring (bicyclic) bond motifs is 1. The van der Waals surface area contributed by atoms with Crippen molar-refractivity contribution in [3.05, 3.63) is 65.6 Å². The molecule has 2 aromatic heterocycles. The number of rotatable bonds is 10. The first-order valence-corrected chi connectivity index (χ1v) is 13.0. The molecule has 0 aliphatic carbocycles. The van der Waals surface area contributed by atoms with E-state index in [9.17, 15) is 18.0 Å². The van der Waals surface area contributed by atoms with E-state index in [0.717, 1.165) is 42.6 Å². The third-order valence-corrected chi connectivity index (χ3v) is 6.78. The zero-order chi connectivity index (χ0) is 29.3. The maximum atomic E-state index is 15.3. The molecule has 9 nitrogen and oxygen atoms in total. The third kappa shape index (κ3) is 5.75. The van der Waals surface area contributed by atoms with Crippen LogP contribution in [0.25, 0.3) is 10.9 Å². The molecule has 2 aromatic carbocycles. The topological polar surface area (TPSA) is 98.4 Å². The highest BCUT2D eigenvalue weighted by atomic mass is 19.3. The van der Waals surface area contributed by atoms with E-state index < -0.39 is 48.2 Å². The summed E-state index contributed by atoms with van der Waals surface area (Å²) in [4.78, 5) is 27.4. The highest BCUT2D eigenvalue weighted by Gasteiger charge is 2.47. The summed E-state index contributed by atoms with van der Waals surface area (Å²) in [6.45, 7) is 4.50. The van der Waals surface area contributed by atoms with Crippen LogP contribution < -0.4 is 20.3 Å². The Labute approximate surface area is 233 Å². The van der Waals surface area contributed by atoms with E-state index in [1.54, 1.807) is 19.1 Å². The first-order valence-electron chi connectivity index (χ1n) is 13.0. The van der Waals surface area contributed by atoms with Crippen molar-refractivity contribution in [2.24, 2.45) is 0 Å². The second-order valence-electron chi connectivity index (χ2n) is 9.79. The average Bonchev–Trinajstić information content (AvgIpc) is 3.34. The number of hydrogen-bond acceptors (Lipinski definition) is 7. The molecular weight excluding hydrogens is 542 g/mol. The fourth-order valence-corrected chi connectivity index (χ4v) is 4.67. The Morgan fingerprint density at radius 3 is 2.56 bits per heavy atom. The number of hydrogen-bond donors (Lipinski definition) is 3. The number of halogens is 4. The molecule has 1 aliphatic rings. The molecule has 0 atom stereocenters. The Balaban J connectivity index is 1.49. The zero-order valence-corrected chi connectivity index (χ0v) is 22.7. The van der Waals surface area contributed by atoms with Gasteiger partial charge in [0.25, 0.3) is 11.8 Å². The molecule has 13 heteroatoms. The summed E-state index contributed by atoms with van der Waals surface area (Å²) in [5, 5.41) is 6.09. The minimum absolute atomic E-state index is 0.0347. The van der Waals surface area contributed by atoms with Gasteiger partial charge in [0.1, 0.15) is 11.9 Å². The number of likely N-dealkylation sites (N-methyl/N-ethyl adjacent to an activating group) is 2. The molecule has 5 rings (SSSR count). The summed E-state index contributed by atoms with van der Waals surface area (Å²) in [7, 11) is 1.88. The van der Waals surface area contributed by atoms with Gasteiger partial charge in [0.2, 0.25) is 5.88 Å². The summed E-state index contributed by atoms with van der Waals surface area (Å²) >= 11 is 0. The average molecular weight is 572 g/mol. The van der Waals surface area contributed by atoms with Crippen LogP contribution in [0.4, 0.5) is 34.8 Å². The molecule has 0 unspecified atom stereocenters. The monoisotopic (exact) mass is 571 g/mol. The number of amides is 1. The highest BCUT2D eigenvalue weighted by Crippen LogP contribution is 2.37. The van der Waals surface area contributed by atoms with Crippen LogP contribution in [0.1, 0.15) is 23.0 Å². The number of aromatic nitrogens is 3. The van der Waals surface area contributed by atoms with Crippen molar-refractivity contribution < 1.29 is 27.1 Å². The molecular formula is C28H29F4N7O2. The number of aryl methyl sites for hydroxylation is 1. The predicted octanol–water partition coefficient (Wildman–Crippen LogP) is 5.22. The third-order valence-electron chi connectivity index (χ3n) is 6.78. The molecule has 0 spiro atoms. The van der Waals surface area contributed by atoms with Crippen molar-refractivity contribution >= 4 is 34.0 Å². The SMILES string of the molecule is CCN(CCNC)c1ccc(Nc2ncnc(Oc3cc(F)c4[nH]c(C)cc4c3F)c2C(=O)N2CC(F)(F)C2)cc1. The number of alkyl halides is 2. The largest absolute Gasteiger partial charge is 0.435 e. The fourth-order valence-electron chi connectivity index (χ4n) is 4.67. The molecule has 216 valence electrons. The maximum absolute atomic E-state index is 15.3. The maximum Gasteiger partial charge on any atom is 0.282 e. The normalized spacial score (nSPS) is 14.2. The summed E-state index contributed by atoms with van der Waals surface area (Å²) in [6.07, 6.45) is 1.08. The van der Waals surface area contributed by atoms with Crippen LogP contribution in [-0.4, -0.2) is 71.5 Å². The minimum Gasteiger partial charge on any atom is -0.435 e. The lowest BCUT2D eigenvalue weighted by molar-refractivity contribution is -0.113. The van der Waals surface area contributed by atoms with Gasteiger partial charge in [-0.25, -0.2) is 27.5 Å². The van der Waals surface area contributed by atoms with Gasteiger partial charge in [-0.05, 0) is 51.2 Å². The molecule has 1 amide bonds. The summed E-state index contributed by atoms with van der Waals surface area (Å²) < 4.78 is 63.0. The summed E-state index contributed by atoms with van der Waals surface area (Å²) in [5.74, 6) is -6.48. The first-order chi connectivity index (χ1) is 19.6. The Bertz CT molecular complexity index is 1570. The van der Waals surface area contributed by atoms with Gasteiger partial charge >= 0.3 is 0 Å². The molecule has 0 bridgehead atoms. The van der Waals surface area contributed by atoms with E-state index in [1.807, 2.05) is 26.1 Å². The standard InChI is InChI=1S/C28H29F4N7O2/c1-4-38(10-9-33-3)18-7-5-17(6-8-18)37-25-22(27(40)39-13-28(31,32)14-39)26(35-15-34-25)41-21-12-20(29)24-19(23(21)30)11-16(2)36-24/h5-8,11-12,15,33,36H,4,9-10,13-14H2,1-3H3,(H,34,35,37). The van der Waals surface area contributed by atoms with Crippen LogP contribution >= 0.6 is 0 Å². The van der Waals surface area contributed by atoms with Crippen molar-refractivity contribution in [1.82, 2.24) is 25.2 Å². The Morgan fingerprint density at radius 2 is 1.90 bits per heavy atom. The Hall–Kier alpha value is -4.39. The van der Waals surface area contributed by atoms with Gasteiger partial charge in [0.05, 0.1) is 18.6 Å². The molecule has 41 heavy (non-hydrogen) atoms. The number of ether oxygens (including phenoxy) is 1. The first kappa shape index (κ1) is 28.1. The van der Waals surface area contributed by atoms with Gasteiger partial charge in [0.15, 0.2) is 23.2 Å². The molecule has 3 heterocycles. The predicted molar refractivity (Wildman–Crippen MR) is 147 cm³/mol. The quantitative estimate of drug-likeness (QED) is 0.225. The van der Waals surface area contributed by atoms with Crippen molar-refractivity contribution in [1.29, 1.82) is 0 Å². The minimum atomic E-state index is -3.03. The van der Waals surface area contributed by atoms with Gasteiger partial charge in [-0.2, -0.15) is 0 Å². The number of carbonyl (C=O) groups is 1. The number of aromatic amines is 1. The summed E-state index contributed by atoms with van der Waals surface area (Å²) in [6, 6.07) is 9.60. The Kier molecular flexibility index (Phi) is 7.72. The van der Waals surface area contributed by atoms with Crippen LogP contribution in [0.15, 0.2) is 42.7 Å². The highest BCUT2D eigenvalue weighted by molar-refractivity contribution is 6.02. The summed E-state index contributed by atoms with van der Waals surface area (Å²) in [5.41, 5.74) is 1.74. The van der Waals surface area contributed by atoms with Crippen LogP contribution in [0.3, 0.4) is 0 Å². The number of benzene rings is 2. The van der Waals surface area contributed by atoms with Crippen LogP contribution in [0.2, 0.25) is 0 Å². The van der Waals surface area contributed by atoms with Gasteiger partial charge in [0, 0.05) is 48.2 Å². The number of anilines is 3. The second-order valence-corrected chi connectivity index (χ2v) is 9.79. The Morgan fingerprint density at radius 1 is 1.17 bits per heavy atom. The lowest BCUT2D eigenvalue weighted by Crippen LogP contribution is -2.58. The molecule has 1 aliphatic heterocycles. The number of likely N-dealkylation sites (tertiary alicyclic amines) is 1. The smallest absolute Gasteiger partial charge is 0.282 e. The van der Waals surface area contributed by atoms with E-state index in [4.69, 9.17) is 4.74 Å². The van der Waals surface area contributed by atoms with E-state index in [2.05, 4.69) is 30.5 Å².